The predicted octanol–water partition coefficient (Wildman–Crippen LogP) is 6.65. The van der Waals surface area contributed by atoms with Crippen molar-refractivity contribution in [1.29, 1.82) is 0 Å². The van der Waals surface area contributed by atoms with Crippen LogP contribution in [0.3, 0.4) is 0 Å². The molecule has 5 rings (SSSR count). The highest BCUT2D eigenvalue weighted by Crippen LogP contribution is 2.31. The summed E-state index contributed by atoms with van der Waals surface area (Å²) in [5.41, 5.74) is 0.228. The molecule has 3 aromatic carbocycles. The van der Waals surface area contributed by atoms with Crippen LogP contribution in [0.15, 0.2) is 60.7 Å². The van der Waals surface area contributed by atoms with Gasteiger partial charge in [-0.05, 0) is 62.8 Å². The summed E-state index contributed by atoms with van der Waals surface area (Å²) >= 11 is 0. The van der Waals surface area contributed by atoms with E-state index in [2.05, 4.69) is 25.5 Å². The van der Waals surface area contributed by atoms with Crippen molar-refractivity contribution in [2.45, 2.75) is 12.8 Å². The van der Waals surface area contributed by atoms with Crippen LogP contribution >= 0.6 is 0 Å². The van der Waals surface area contributed by atoms with Gasteiger partial charge in [-0.3, -0.25) is 5.32 Å². The predicted molar refractivity (Wildman–Crippen MR) is 162 cm³/mol. The van der Waals surface area contributed by atoms with Crippen molar-refractivity contribution >= 4 is 23.4 Å². The Morgan fingerprint density at radius 2 is 1.82 bits per heavy atom. The standard InChI is InChI=1S/C32H32F3N5O5/c1-40-13-5-6-19(17-40)18-44-27-12-9-20(14-24(27)34)36-31-37-26(22-7-4-8-23(33)30(22)35)16-29(39-31)45-32(41)38-25-11-10-21(42-2)15-28(25)43-3/h4,7-12,14-16,19H,5-6,13,17-18H2,1-3H3,(H,38,41)(H,36,37,39). The molecule has 2 heterocycles. The smallest absolute Gasteiger partial charge is 0.418 e. The van der Waals surface area contributed by atoms with Crippen LogP contribution in [0, 0.1) is 23.4 Å². The second-order valence-corrected chi connectivity index (χ2v) is 10.4. The number of amides is 1. The molecular weight excluding hydrogens is 591 g/mol. The van der Waals surface area contributed by atoms with Crippen LogP contribution in [-0.4, -0.2) is 61.9 Å². The number of likely N-dealkylation sites (tertiary alicyclic amines) is 1. The fourth-order valence-electron chi connectivity index (χ4n) is 4.95. The Morgan fingerprint density at radius 3 is 2.58 bits per heavy atom. The van der Waals surface area contributed by atoms with E-state index in [1.54, 1.807) is 24.3 Å². The molecule has 1 aromatic heterocycles. The number of rotatable bonds is 10. The molecule has 1 unspecified atom stereocenters. The minimum atomic E-state index is -1.16. The van der Waals surface area contributed by atoms with Gasteiger partial charge in [0.15, 0.2) is 23.2 Å². The van der Waals surface area contributed by atoms with Gasteiger partial charge < -0.3 is 29.2 Å². The first kappa shape index (κ1) is 31.4. The van der Waals surface area contributed by atoms with Gasteiger partial charge >= 0.3 is 6.09 Å². The SMILES string of the molecule is COc1ccc(NC(=O)Oc2cc(-c3cccc(F)c3F)nc(Nc3ccc(OCC4CCCN(C)C4)c(F)c3)n2)c(OC)c1. The first-order chi connectivity index (χ1) is 21.7. The van der Waals surface area contributed by atoms with Gasteiger partial charge in [-0.2, -0.15) is 4.98 Å². The zero-order valence-corrected chi connectivity index (χ0v) is 24.9. The third-order valence-corrected chi connectivity index (χ3v) is 7.16. The van der Waals surface area contributed by atoms with Crippen LogP contribution in [0.5, 0.6) is 23.1 Å². The average Bonchev–Trinajstić information content (AvgIpc) is 3.02. The van der Waals surface area contributed by atoms with Gasteiger partial charge in [0, 0.05) is 41.9 Å². The number of piperidine rings is 1. The highest BCUT2D eigenvalue weighted by molar-refractivity contribution is 5.88. The maximum Gasteiger partial charge on any atom is 0.418 e. The lowest BCUT2D eigenvalue weighted by molar-refractivity contribution is 0.147. The van der Waals surface area contributed by atoms with Gasteiger partial charge in [-0.1, -0.05) is 6.07 Å². The van der Waals surface area contributed by atoms with Gasteiger partial charge in [0.2, 0.25) is 11.8 Å². The number of hydrogen-bond acceptors (Lipinski definition) is 9. The number of hydrogen-bond donors (Lipinski definition) is 2. The summed E-state index contributed by atoms with van der Waals surface area (Å²) in [5, 5.41) is 5.37. The lowest BCUT2D eigenvalue weighted by Gasteiger charge is -2.29. The summed E-state index contributed by atoms with van der Waals surface area (Å²) in [7, 11) is 4.96. The Bertz CT molecular complexity index is 1670. The van der Waals surface area contributed by atoms with Crippen LogP contribution < -0.4 is 29.6 Å². The van der Waals surface area contributed by atoms with E-state index in [0.29, 0.717) is 24.0 Å². The molecule has 10 nitrogen and oxygen atoms in total. The van der Waals surface area contributed by atoms with Gasteiger partial charge in [0.05, 0.1) is 32.2 Å². The Kier molecular flexibility index (Phi) is 9.88. The summed E-state index contributed by atoms with van der Waals surface area (Å²) in [6.45, 7) is 2.32. The zero-order chi connectivity index (χ0) is 31.9. The molecule has 0 radical (unpaired) electrons. The van der Waals surface area contributed by atoms with Crippen molar-refractivity contribution in [1.82, 2.24) is 14.9 Å². The number of nitrogens with zero attached hydrogens (tertiary/aromatic N) is 3. The molecule has 1 aliphatic rings. The van der Waals surface area contributed by atoms with Crippen LogP contribution in [-0.2, 0) is 0 Å². The van der Waals surface area contributed by atoms with E-state index in [1.807, 2.05) is 7.05 Å². The Morgan fingerprint density at radius 1 is 0.978 bits per heavy atom. The number of benzene rings is 3. The van der Waals surface area contributed by atoms with Crippen molar-refractivity contribution in [2.75, 3.05) is 51.6 Å². The number of carbonyl (C=O) groups is 1. The number of nitrogens with one attached hydrogen (secondary N) is 2. The van der Waals surface area contributed by atoms with E-state index in [4.69, 9.17) is 18.9 Å². The fourth-order valence-corrected chi connectivity index (χ4v) is 4.95. The minimum absolute atomic E-state index is 0.0906. The summed E-state index contributed by atoms with van der Waals surface area (Å²) in [6, 6.07) is 13.7. The normalized spacial score (nSPS) is 14.8. The summed E-state index contributed by atoms with van der Waals surface area (Å²) < 4.78 is 65.4. The van der Waals surface area contributed by atoms with E-state index < -0.39 is 23.5 Å². The third-order valence-electron chi connectivity index (χ3n) is 7.16. The minimum Gasteiger partial charge on any atom is -0.497 e. The van der Waals surface area contributed by atoms with Crippen molar-refractivity contribution < 1.29 is 36.9 Å². The lowest BCUT2D eigenvalue weighted by Crippen LogP contribution is -2.34. The molecule has 2 N–H and O–H groups in total. The monoisotopic (exact) mass is 623 g/mol. The number of anilines is 3. The molecule has 1 aliphatic heterocycles. The highest BCUT2D eigenvalue weighted by Gasteiger charge is 2.20. The summed E-state index contributed by atoms with van der Waals surface area (Å²) in [6.07, 6.45) is 1.13. The quantitative estimate of drug-likeness (QED) is 0.201. The second-order valence-electron chi connectivity index (χ2n) is 10.4. The summed E-state index contributed by atoms with van der Waals surface area (Å²) in [5.74, 6) is -2.11. The maximum absolute atomic E-state index is 15.0. The molecule has 13 heteroatoms. The van der Waals surface area contributed by atoms with E-state index in [1.165, 1.54) is 44.6 Å². The van der Waals surface area contributed by atoms with E-state index in [0.717, 1.165) is 32.0 Å². The molecule has 45 heavy (non-hydrogen) atoms. The largest absolute Gasteiger partial charge is 0.497 e. The van der Waals surface area contributed by atoms with Crippen LogP contribution in [0.25, 0.3) is 11.3 Å². The zero-order valence-electron chi connectivity index (χ0n) is 24.9. The fraction of sp³-hybridized carbons (Fsp3) is 0.281. The van der Waals surface area contributed by atoms with Crippen molar-refractivity contribution in [2.24, 2.45) is 5.92 Å². The molecule has 0 saturated carbocycles. The first-order valence-electron chi connectivity index (χ1n) is 14.1. The molecule has 0 spiro atoms. The van der Waals surface area contributed by atoms with Crippen LogP contribution in [0.2, 0.25) is 0 Å². The molecule has 1 atom stereocenters. The molecule has 4 aromatic rings. The van der Waals surface area contributed by atoms with E-state index in [9.17, 15) is 18.0 Å². The van der Waals surface area contributed by atoms with Gasteiger partial charge in [0.25, 0.3) is 0 Å². The number of aromatic nitrogens is 2. The number of carbonyl (C=O) groups excluding carboxylic acids is 1. The average molecular weight is 624 g/mol. The van der Waals surface area contributed by atoms with Crippen molar-refractivity contribution in [3.8, 4) is 34.4 Å². The van der Waals surface area contributed by atoms with E-state index >= 15 is 0 Å². The Hall–Kier alpha value is -5.04. The van der Waals surface area contributed by atoms with Gasteiger partial charge in [0.1, 0.15) is 11.5 Å². The van der Waals surface area contributed by atoms with Crippen molar-refractivity contribution in [3.05, 3.63) is 78.1 Å². The maximum atomic E-state index is 15.0. The van der Waals surface area contributed by atoms with Gasteiger partial charge in [-0.15, -0.1) is 0 Å². The Labute approximate surface area is 258 Å². The molecule has 1 saturated heterocycles. The molecule has 1 fully saturated rings. The van der Waals surface area contributed by atoms with E-state index in [-0.39, 0.29) is 40.2 Å². The number of methoxy groups -OCH3 is 2. The van der Waals surface area contributed by atoms with Crippen LogP contribution in [0.4, 0.5) is 35.3 Å². The second kappa shape index (κ2) is 14.2. The highest BCUT2D eigenvalue weighted by atomic mass is 19.2. The molecule has 0 aliphatic carbocycles. The first-order valence-corrected chi connectivity index (χ1v) is 14.1. The molecule has 236 valence electrons. The number of halogens is 3. The van der Waals surface area contributed by atoms with Crippen LogP contribution in [0.1, 0.15) is 12.8 Å². The molecule has 1 amide bonds. The molecule has 0 bridgehead atoms. The summed E-state index contributed by atoms with van der Waals surface area (Å²) in [4.78, 5) is 23.5. The molecular formula is C32H32F3N5O5. The van der Waals surface area contributed by atoms with Gasteiger partial charge in [-0.25, -0.2) is 22.9 Å². The number of ether oxygens (including phenoxy) is 4. The topological polar surface area (TPSA) is 107 Å². The third kappa shape index (κ3) is 7.92. The Balaban J connectivity index is 1.37. The van der Waals surface area contributed by atoms with Crippen molar-refractivity contribution in [3.63, 3.8) is 0 Å². The lowest BCUT2D eigenvalue weighted by atomic mass is 10.00.